The highest BCUT2D eigenvalue weighted by Crippen LogP contribution is 2.31. The molecule has 1 N–H and O–H groups in total. The summed E-state index contributed by atoms with van der Waals surface area (Å²) in [5.41, 5.74) is 0.272. The molecule has 3 rings (SSSR count). The van der Waals surface area contributed by atoms with Crippen molar-refractivity contribution in [3.05, 3.63) is 29.1 Å². The highest BCUT2D eigenvalue weighted by atomic mass is 19.4. The largest absolute Gasteiger partial charge is 0.417 e. The number of pyridine rings is 1. The molecule has 1 fully saturated rings. The van der Waals surface area contributed by atoms with Gasteiger partial charge in [-0.25, -0.2) is 0 Å². The third kappa shape index (κ3) is 9.90. The van der Waals surface area contributed by atoms with E-state index in [1.807, 2.05) is 33.0 Å². The van der Waals surface area contributed by atoms with Crippen LogP contribution in [0.3, 0.4) is 0 Å². The van der Waals surface area contributed by atoms with Crippen LogP contribution in [0.15, 0.2) is 12.3 Å². The number of methoxy groups -OCH3 is 1. The maximum absolute atomic E-state index is 13.5. The predicted molar refractivity (Wildman–Crippen MR) is 149 cm³/mol. The van der Waals surface area contributed by atoms with E-state index >= 15 is 0 Å². The van der Waals surface area contributed by atoms with E-state index in [-0.39, 0.29) is 42.5 Å². The molecule has 12 heteroatoms. The van der Waals surface area contributed by atoms with E-state index in [1.54, 1.807) is 16.9 Å². The second kappa shape index (κ2) is 15.3. The van der Waals surface area contributed by atoms with Crippen LogP contribution in [0.5, 0.6) is 0 Å². The molecule has 2 aliphatic heterocycles. The fraction of sp³-hybridized carbons (Fsp3) is 0.759. The van der Waals surface area contributed by atoms with Crippen molar-refractivity contribution in [2.45, 2.75) is 76.4 Å². The third-order valence-electron chi connectivity index (χ3n) is 8.04. The summed E-state index contributed by atoms with van der Waals surface area (Å²) in [5.74, 6) is -0.316. The van der Waals surface area contributed by atoms with Crippen LogP contribution in [0.4, 0.5) is 13.2 Å². The molecule has 0 spiro atoms. The first kappa shape index (κ1) is 33.2. The Bertz CT molecular complexity index is 1010. The van der Waals surface area contributed by atoms with Gasteiger partial charge < -0.3 is 29.5 Å². The smallest absolute Gasteiger partial charge is 0.379 e. The van der Waals surface area contributed by atoms with Gasteiger partial charge in [0.2, 0.25) is 11.8 Å². The summed E-state index contributed by atoms with van der Waals surface area (Å²) in [6.07, 6.45) is 0.0770. The number of carbonyl (C=O) groups excluding carboxylic acids is 2. The molecule has 2 amide bonds. The third-order valence-corrected chi connectivity index (χ3v) is 8.04. The van der Waals surface area contributed by atoms with Crippen LogP contribution in [0, 0.1) is 5.92 Å². The van der Waals surface area contributed by atoms with Gasteiger partial charge in [0.25, 0.3) is 0 Å². The van der Waals surface area contributed by atoms with Crippen LogP contribution < -0.4 is 5.32 Å². The lowest BCUT2D eigenvalue weighted by Gasteiger charge is -2.36. The molecule has 41 heavy (non-hydrogen) atoms. The zero-order chi connectivity index (χ0) is 30.2. The molecule has 0 saturated carbocycles. The summed E-state index contributed by atoms with van der Waals surface area (Å²) >= 11 is 0. The summed E-state index contributed by atoms with van der Waals surface area (Å²) in [4.78, 5) is 35.4. The molecule has 0 radical (unpaired) electrons. The molecule has 1 aromatic rings. The van der Waals surface area contributed by atoms with Crippen LogP contribution in [-0.2, 0) is 38.2 Å². The maximum atomic E-state index is 13.5. The molecule has 0 aliphatic carbocycles. The van der Waals surface area contributed by atoms with Crippen molar-refractivity contribution in [1.82, 2.24) is 25.0 Å². The summed E-state index contributed by atoms with van der Waals surface area (Å²) < 4.78 is 50.9. The Morgan fingerprint density at radius 2 is 2.02 bits per heavy atom. The SMILES string of the molecule is COC1COCCC1NC(CCCN(C)C(=O)CCN(C)C)CC(C)C(=O)N1CCc2ncc(C(F)(F)F)cc2C1. The minimum Gasteiger partial charge on any atom is -0.379 e. The normalized spacial score (nSPS) is 21.0. The zero-order valence-electron chi connectivity index (χ0n) is 25.0. The van der Waals surface area contributed by atoms with Gasteiger partial charge in [0.15, 0.2) is 0 Å². The second-order valence-electron chi connectivity index (χ2n) is 11.6. The van der Waals surface area contributed by atoms with Gasteiger partial charge in [-0.2, -0.15) is 13.2 Å². The minimum absolute atomic E-state index is 0.00412. The van der Waals surface area contributed by atoms with E-state index in [9.17, 15) is 22.8 Å². The minimum atomic E-state index is -4.48. The average Bonchev–Trinajstić information content (AvgIpc) is 2.94. The van der Waals surface area contributed by atoms with Crippen molar-refractivity contribution in [3.8, 4) is 0 Å². The standard InChI is InChI=1S/C29H46F3N5O4/c1-20(28(39)37-13-8-24-21(18-37)16-22(17-33-24)29(30,31)32)15-23(34-25-10-14-41-19-26(25)40-5)7-6-11-36(4)27(38)9-12-35(2)3/h16-17,20,23,25-26,34H,6-15,18-19H2,1-5H3. The van der Waals surface area contributed by atoms with E-state index in [4.69, 9.17) is 9.47 Å². The topological polar surface area (TPSA) is 87.2 Å². The average molecular weight is 586 g/mol. The van der Waals surface area contributed by atoms with Crippen LogP contribution in [0.1, 0.15) is 55.8 Å². The van der Waals surface area contributed by atoms with Crippen molar-refractivity contribution in [2.75, 3.05) is 61.1 Å². The Labute approximate surface area is 241 Å². The molecular formula is C29H46F3N5O4. The quantitative estimate of drug-likeness (QED) is 0.381. The van der Waals surface area contributed by atoms with E-state index in [0.29, 0.717) is 63.4 Å². The van der Waals surface area contributed by atoms with E-state index < -0.39 is 11.7 Å². The molecule has 0 aromatic carbocycles. The van der Waals surface area contributed by atoms with E-state index in [0.717, 1.165) is 31.5 Å². The first-order valence-corrected chi connectivity index (χ1v) is 14.5. The second-order valence-corrected chi connectivity index (χ2v) is 11.6. The number of alkyl halides is 3. The molecule has 9 nitrogen and oxygen atoms in total. The highest BCUT2D eigenvalue weighted by Gasteiger charge is 2.34. The number of fused-ring (bicyclic) bond motifs is 1. The molecule has 3 heterocycles. The van der Waals surface area contributed by atoms with Gasteiger partial charge in [-0.3, -0.25) is 14.6 Å². The van der Waals surface area contributed by atoms with Crippen molar-refractivity contribution in [2.24, 2.45) is 5.92 Å². The van der Waals surface area contributed by atoms with E-state index in [2.05, 4.69) is 10.3 Å². The summed E-state index contributed by atoms with van der Waals surface area (Å²) in [6.45, 7) is 4.88. The number of carbonyl (C=O) groups is 2. The van der Waals surface area contributed by atoms with Crippen LogP contribution >= 0.6 is 0 Å². The van der Waals surface area contributed by atoms with Crippen molar-refractivity contribution < 1.29 is 32.2 Å². The Hall–Kier alpha value is -2.28. The number of rotatable bonds is 13. The predicted octanol–water partition coefficient (Wildman–Crippen LogP) is 2.96. The summed E-state index contributed by atoms with van der Waals surface area (Å²) in [5, 5.41) is 3.71. The number of hydrogen-bond acceptors (Lipinski definition) is 7. The van der Waals surface area contributed by atoms with Crippen molar-refractivity contribution >= 4 is 11.8 Å². The summed E-state index contributed by atoms with van der Waals surface area (Å²) in [6, 6.07) is 1.19. The fourth-order valence-corrected chi connectivity index (χ4v) is 5.53. The molecular weight excluding hydrogens is 539 g/mol. The van der Waals surface area contributed by atoms with Crippen molar-refractivity contribution in [3.63, 3.8) is 0 Å². The van der Waals surface area contributed by atoms with Crippen LogP contribution in [-0.4, -0.2) is 111 Å². The lowest BCUT2D eigenvalue weighted by Crippen LogP contribution is -2.52. The Morgan fingerprint density at radius 1 is 1.27 bits per heavy atom. The Morgan fingerprint density at radius 3 is 2.71 bits per heavy atom. The monoisotopic (exact) mass is 585 g/mol. The Balaban J connectivity index is 1.63. The molecule has 4 atom stereocenters. The van der Waals surface area contributed by atoms with Crippen molar-refractivity contribution in [1.29, 1.82) is 0 Å². The zero-order valence-corrected chi connectivity index (χ0v) is 25.0. The first-order chi connectivity index (χ1) is 19.4. The van der Waals surface area contributed by atoms with Gasteiger partial charge in [0, 0.05) is 89.7 Å². The summed E-state index contributed by atoms with van der Waals surface area (Å²) in [7, 11) is 7.36. The number of halogens is 3. The lowest BCUT2D eigenvalue weighted by molar-refractivity contribution is -0.138. The van der Waals surface area contributed by atoms with Gasteiger partial charge in [0.1, 0.15) is 0 Å². The first-order valence-electron chi connectivity index (χ1n) is 14.5. The van der Waals surface area contributed by atoms with E-state index in [1.165, 1.54) is 0 Å². The number of hydrogen-bond donors (Lipinski definition) is 1. The molecule has 1 aromatic heterocycles. The Kier molecular flexibility index (Phi) is 12.4. The van der Waals surface area contributed by atoms with Gasteiger partial charge in [-0.1, -0.05) is 6.92 Å². The lowest BCUT2D eigenvalue weighted by atomic mass is 9.93. The van der Waals surface area contributed by atoms with Crippen LogP contribution in [0.25, 0.3) is 0 Å². The van der Waals surface area contributed by atoms with Crippen LogP contribution in [0.2, 0.25) is 0 Å². The van der Waals surface area contributed by atoms with Gasteiger partial charge >= 0.3 is 6.18 Å². The number of nitrogens with zero attached hydrogens (tertiary/aromatic N) is 4. The number of aromatic nitrogens is 1. The van der Waals surface area contributed by atoms with Gasteiger partial charge in [-0.05, 0) is 51.4 Å². The molecule has 1 saturated heterocycles. The van der Waals surface area contributed by atoms with Gasteiger partial charge in [0.05, 0.1) is 18.3 Å². The maximum Gasteiger partial charge on any atom is 0.417 e. The number of nitrogens with one attached hydrogen (secondary N) is 1. The molecule has 4 unspecified atom stereocenters. The van der Waals surface area contributed by atoms with Gasteiger partial charge in [-0.15, -0.1) is 0 Å². The fourth-order valence-electron chi connectivity index (χ4n) is 5.53. The molecule has 0 bridgehead atoms. The highest BCUT2D eigenvalue weighted by molar-refractivity contribution is 5.79. The number of amides is 2. The number of ether oxygens (including phenoxy) is 2. The molecule has 232 valence electrons. The molecule has 2 aliphatic rings.